The zero-order chi connectivity index (χ0) is 42.6. The van der Waals surface area contributed by atoms with Crippen LogP contribution in [0.4, 0.5) is 9.59 Å². The van der Waals surface area contributed by atoms with Crippen LogP contribution >= 0.6 is 0 Å². The van der Waals surface area contributed by atoms with E-state index in [9.17, 15) is 19.2 Å². The van der Waals surface area contributed by atoms with Crippen LogP contribution in [0.1, 0.15) is 74.9 Å². The Morgan fingerprint density at radius 2 is 1.46 bits per heavy atom. The molecule has 3 aromatic heterocycles. The van der Waals surface area contributed by atoms with E-state index in [-0.39, 0.29) is 29.8 Å². The van der Waals surface area contributed by atoms with Crippen LogP contribution in [0.5, 0.6) is 0 Å². The van der Waals surface area contributed by atoms with Gasteiger partial charge in [-0.3, -0.25) is 9.59 Å². The summed E-state index contributed by atoms with van der Waals surface area (Å²) in [6, 6.07) is 25.1. The van der Waals surface area contributed by atoms with Crippen LogP contribution in [0, 0.1) is 5.92 Å². The number of ether oxygens (including phenoxy) is 1. The standard InChI is InChI=1S/C46H50N10O5/c1-27(2)39(54-46(60)61-4)43(57)55-22-8-12-37(55)42-49-26-36(52-42)32-19-21-34-31(24-32)18-20-33(50-34)28-14-16-29(17-15-28)35-25-48-41(51-35)38-13-9-23-56(38)44(58)40(53-45(59)47-3)30-10-6-5-7-11-30/h5-7,10-11,14-21,24-27,37-40H,8-9,12-13,22-23H2,1-4H3,(H,48,51)(H,49,52)(H,54,60)(H2,47,53,59)/t37-,38-,39-,40+/m0/s1. The van der Waals surface area contributed by atoms with Crippen molar-refractivity contribution in [2.24, 2.45) is 5.92 Å². The van der Waals surface area contributed by atoms with Crippen molar-refractivity contribution < 1.29 is 23.9 Å². The second-order valence-electron chi connectivity index (χ2n) is 15.8. The monoisotopic (exact) mass is 822 g/mol. The molecule has 2 aliphatic rings. The van der Waals surface area contributed by atoms with E-state index >= 15 is 0 Å². The molecule has 5 N–H and O–H groups in total. The third kappa shape index (κ3) is 8.54. The Morgan fingerprint density at radius 3 is 2.16 bits per heavy atom. The molecule has 0 bridgehead atoms. The number of amides is 5. The van der Waals surface area contributed by atoms with Gasteiger partial charge in [0, 0.05) is 42.8 Å². The highest BCUT2D eigenvalue weighted by molar-refractivity contribution is 5.89. The predicted molar refractivity (Wildman–Crippen MR) is 231 cm³/mol. The number of imidazole rings is 2. The molecule has 2 aliphatic heterocycles. The summed E-state index contributed by atoms with van der Waals surface area (Å²) in [7, 11) is 2.82. The summed E-state index contributed by atoms with van der Waals surface area (Å²) < 4.78 is 4.77. The summed E-state index contributed by atoms with van der Waals surface area (Å²) in [5.41, 5.74) is 6.86. The van der Waals surface area contributed by atoms with Gasteiger partial charge in [-0.1, -0.05) is 80.6 Å². The highest BCUT2D eigenvalue weighted by Crippen LogP contribution is 2.36. The Hall–Kier alpha value is -7.03. The Kier molecular flexibility index (Phi) is 11.8. The van der Waals surface area contributed by atoms with E-state index in [2.05, 4.69) is 38.1 Å². The summed E-state index contributed by atoms with van der Waals surface area (Å²) in [5.74, 6) is 0.982. The zero-order valence-electron chi connectivity index (χ0n) is 34.6. The number of nitrogens with zero attached hydrogens (tertiary/aromatic N) is 5. The van der Waals surface area contributed by atoms with E-state index in [0.717, 1.165) is 70.4 Å². The molecule has 5 amide bonds. The smallest absolute Gasteiger partial charge is 0.407 e. The number of aromatic amines is 2. The number of urea groups is 1. The maximum Gasteiger partial charge on any atom is 0.407 e. The molecule has 0 radical (unpaired) electrons. The van der Waals surface area contributed by atoms with Crippen molar-refractivity contribution >= 4 is 34.8 Å². The molecule has 0 aliphatic carbocycles. The largest absolute Gasteiger partial charge is 0.453 e. The number of hydrogen-bond acceptors (Lipinski definition) is 8. The molecule has 314 valence electrons. The highest BCUT2D eigenvalue weighted by atomic mass is 16.5. The first-order valence-electron chi connectivity index (χ1n) is 20.7. The summed E-state index contributed by atoms with van der Waals surface area (Å²) in [6.45, 7) is 4.95. The van der Waals surface area contributed by atoms with Gasteiger partial charge in [0.1, 0.15) is 23.7 Å². The lowest BCUT2D eigenvalue weighted by atomic mass is 10.0. The van der Waals surface area contributed by atoms with Crippen LogP contribution in [-0.2, 0) is 14.3 Å². The Labute approximate surface area is 353 Å². The first kappa shape index (κ1) is 40.7. The van der Waals surface area contributed by atoms with Gasteiger partial charge in [-0.05, 0) is 60.9 Å². The fourth-order valence-electron chi connectivity index (χ4n) is 8.38. The van der Waals surface area contributed by atoms with Gasteiger partial charge >= 0.3 is 12.1 Å². The minimum absolute atomic E-state index is 0.113. The second kappa shape index (κ2) is 17.7. The fraction of sp³-hybridized carbons (Fsp3) is 0.326. The van der Waals surface area contributed by atoms with Crippen LogP contribution < -0.4 is 16.0 Å². The van der Waals surface area contributed by atoms with E-state index in [1.165, 1.54) is 14.2 Å². The lowest BCUT2D eigenvalue weighted by Crippen LogP contribution is -2.51. The molecule has 2 saturated heterocycles. The van der Waals surface area contributed by atoms with E-state index in [4.69, 9.17) is 19.7 Å². The van der Waals surface area contributed by atoms with Crippen LogP contribution in [0.2, 0.25) is 0 Å². The number of H-pyrrole nitrogens is 2. The molecule has 15 nitrogen and oxygen atoms in total. The average molecular weight is 823 g/mol. The van der Waals surface area contributed by atoms with E-state index < -0.39 is 24.2 Å². The molecule has 0 spiro atoms. The molecule has 15 heteroatoms. The number of rotatable bonds is 11. The van der Waals surface area contributed by atoms with Crippen molar-refractivity contribution in [3.63, 3.8) is 0 Å². The molecular weight excluding hydrogens is 773 g/mol. The number of methoxy groups -OCH3 is 1. The van der Waals surface area contributed by atoms with Gasteiger partial charge in [-0.25, -0.2) is 24.5 Å². The van der Waals surface area contributed by atoms with Gasteiger partial charge in [0.15, 0.2) is 0 Å². The Balaban J connectivity index is 0.942. The van der Waals surface area contributed by atoms with Gasteiger partial charge in [0.2, 0.25) is 11.8 Å². The van der Waals surface area contributed by atoms with Gasteiger partial charge in [0.05, 0.1) is 48.0 Å². The SMILES string of the molecule is CNC(=O)N[C@@H](C(=O)N1CCC[C@H]1c1ncc(-c2ccc(-c3ccc4cc(-c5c[nH]c([C@@H]6CCCN6C(=O)[C@@H](NC(=O)OC)C(C)C)n5)ccc4n3)cc2)[nH]1)c1ccccc1. The number of aromatic nitrogens is 5. The van der Waals surface area contributed by atoms with E-state index in [1.807, 2.05) is 97.7 Å². The first-order valence-corrected chi connectivity index (χ1v) is 20.7. The van der Waals surface area contributed by atoms with Crippen LogP contribution in [0.15, 0.2) is 97.3 Å². The summed E-state index contributed by atoms with van der Waals surface area (Å²) in [6.07, 6.45) is 6.24. The number of likely N-dealkylation sites (tertiary alicyclic amines) is 2. The Bertz CT molecular complexity index is 2530. The van der Waals surface area contributed by atoms with E-state index in [0.29, 0.717) is 30.3 Å². The molecule has 6 aromatic rings. The van der Waals surface area contributed by atoms with Crippen LogP contribution in [-0.4, -0.2) is 91.9 Å². The number of pyridine rings is 1. The minimum atomic E-state index is -0.824. The Morgan fingerprint density at radius 1 is 0.770 bits per heavy atom. The maximum atomic E-state index is 13.9. The van der Waals surface area contributed by atoms with Crippen LogP contribution in [0.25, 0.3) is 44.7 Å². The molecule has 61 heavy (non-hydrogen) atoms. The fourth-order valence-corrected chi connectivity index (χ4v) is 8.38. The second-order valence-corrected chi connectivity index (χ2v) is 15.8. The number of carbonyl (C=O) groups is 4. The lowest BCUT2D eigenvalue weighted by Gasteiger charge is -2.29. The number of nitrogens with one attached hydrogen (secondary N) is 5. The summed E-state index contributed by atoms with van der Waals surface area (Å²) in [4.78, 5) is 76.9. The van der Waals surface area contributed by atoms with Crippen molar-refractivity contribution in [3.05, 3.63) is 115 Å². The highest BCUT2D eigenvalue weighted by Gasteiger charge is 2.38. The normalized spacial score (nSPS) is 17.3. The molecule has 0 saturated carbocycles. The van der Waals surface area contributed by atoms with E-state index in [1.54, 1.807) is 11.1 Å². The third-order valence-electron chi connectivity index (χ3n) is 11.6. The number of hydrogen-bond donors (Lipinski definition) is 5. The number of fused-ring (bicyclic) bond motifs is 1. The quantitative estimate of drug-likeness (QED) is 0.0918. The molecule has 0 unspecified atom stereocenters. The molecule has 8 rings (SSSR count). The van der Waals surface area contributed by atoms with Gasteiger partial charge < -0.3 is 40.5 Å². The molecular formula is C46H50N10O5. The third-order valence-corrected chi connectivity index (χ3v) is 11.6. The minimum Gasteiger partial charge on any atom is -0.453 e. The summed E-state index contributed by atoms with van der Waals surface area (Å²) in [5, 5.41) is 9.05. The van der Waals surface area contributed by atoms with Crippen molar-refractivity contribution in [1.29, 1.82) is 0 Å². The van der Waals surface area contributed by atoms with Gasteiger partial charge in [-0.2, -0.15) is 0 Å². The van der Waals surface area contributed by atoms with Gasteiger partial charge in [0.25, 0.3) is 0 Å². The van der Waals surface area contributed by atoms with Gasteiger partial charge in [-0.15, -0.1) is 0 Å². The topological polar surface area (TPSA) is 190 Å². The summed E-state index contributed by atoms with van der Waals surface area (Å²) >= 11 is 0. The maximum absolute atomic E-state index is 13.9. The first-order chi connectivity index (χ1) is 29.6. The number of benzene rings is 3. The van der Waals surface area contributed by atoms with Crippen LogP contribution in [0.3, 0.4) is 0 Å². The average Bonchev–Trinajstić information content (AvgIpc) is 4.14. The predicted octanol–water partition coefficient (Wildman–Crippen LogP) is 7.06. The molecule has 4 atom stereocenters. The number of alkyl carbamates (subject to hydrolysis) is 1. The van der Waals surface area contributed by atoms with Crippen molar-refractivity contribution in [2.75, 3.05) is 27.2 Å². The molecule has 3 aromatic carbocycles. The molecule has 2 fully saturated rings. The number of carbonyl (C=O) groups excluding carboxylic acids is 4. The van der Waals surface area contributed by atoms with Crippen molar-refractivity contribution in [1.82, 2.24) is 50.7 Å². The zero-order valence-corrected chi connectivity index (χ0v) is 34.6. The van der Waals surface area contributed by atoms with Crippen molar-refractivity contribution in [2.45, 2.75) is 63.7 Å². The van der Waals surface area contributed by atoms with Crippen molar-refractivity contribution in [3.8, 4) is 33.8 Å². The lowest BCUT2D eigenvalue weighted by molar-refractivity contribution is -0.135. The molecule has 5 heterocycles.